The largest absolute Gasteiger partial charge is 0.149 e. The Morgan fingerprint density at radius 1 is 0.647 bits per heavy atom. The lowest BCUT2D eigenvalue weighted by atomic mass is 9.26. The number of hydrogen-bond acceptors (Lipinski definition) is 0. The topological polar surface area (TPSA) is 0 Å². The van der Waals surface area contributed by atoms with Crippen LogP contribution in [0.1, 0.15) is 77.6 Å². The van der Waals surface area contributed by atoms with Crippen LogP contribution in [0.15, 0.2) is 0 Å². The van der Waals surface area contributed by atoms with Gasteiger partial charge in [0, 0.05) is 0 Å². The van der Waals surface area contributed by atoms with Gasteiger partial charge in [0.15, 0.2) is 0 Å². The summed E-state index contributed by atoms with van der Waals surface area (Å²) in [6.07, 6.45) is 17.1. The van der Waals surface area contributed by atoms with Crippen molar-refractivity contribution in [1.82, 2.24) is 0 Å². The van der Waals surface area contributed by atoms with E-state index >= 15 is 0 Å². The zero-order chi connectivity index (χ0) is 11.7. The molecule has 3 rings (SSSR count). The quantitative estimate of drug-likeness (QED) is 0.559. The molecule has 3 fully saturated rings. The Hall–Kier alpha value is 0.0649. The van der Waals surface area contributed by atoms with Crippen molar-refractivity contribution < 1.29 is 0 Å². The van der Waals surface area contributed by atoms with E-state index in [2.05, 4.69) is 6.92 Å². The van der Waals surface area contributed by atoms with Gasteiger partial charge in [-0.15, -0.1) is 0 Å². The van der Waals surface area contributed by atoms with Crippen molar-refractivity contribution in [2.75, 3.05) is 0 Å². The third-order valence-electron chi connectivity index (χ3n) is 6.31. The van der Waals surface area contributed by atoms with Crippen LogP contribution in [-0.4, -0.2) is 6.71 Å². The molecule has 96 valence electrons. The Bertz CT molecular complexity index is 222. The van der Waals surface area contributed by atoms with Crippen LogP contribution >= 0.6 is 0 Å². The summed E-state index contributed by atoms with van der Waals surface area (Å²) in [4.78, 5) is 0. The summed E-state index contributed by atoms with van der Waals surface area (Å²) in [7, 11) is 0. The van der Waals surface area contributed by atoms with Crippen molar-refractivity contribution in [3.63, 3.8) is 0 Å². The fraction of sp³-hybridized carbons (Fsp3) is 1.00. The van der Waals surface area contributed by atoms with Crippen LogP contribution in [0.3, 0.4) is 0 Å². The molecule has 0 aromatic carbocycles. The van der Waals surface area contributed by atoms with Crippen LogP contribution in [-0.2, 0) is 0 Å². The lowest BCUT2D eigenvalue weighted by molar-refractivity contribution is 0.577. The molecule has 0 N–H and O–H groups in total. The highest BCUT2D eigenvalue weighted by Gasteiger charge is 2.43. The highest BCUT2D eigenvalue weighted by molar-refractivity contribution is 6.64. The average Bonchev–Trinajstić information content (AvgIpc) is 3.04. The Morgan fingerprint density at radius 2 is 1.18 bits per heavy atom. The maximum absolute atomic E-state index is 2.55. The van der Waals surface area contributed by atoms with Crippen molar-refractivity contribution in [2.45, 2.75) is 95.0 Å². The van der Waals surface area contributed by atoms with Gasteiger partial charge in [-0.1, -0.05) is 95.0 Å². The fourth-order valence-corrected chi connectivity index (χ4v) is 5.51. The van der Waals surface area contributed by atoms with Crippen LogP contribution in [0.2, 0.25) is 17.5 Å². The lowest BCUT2D eigenvalue weighted by Gasteiger charge is -2.33. The van der Waals surface area contributed by atoms with Crippen molar-refractivity contribution in [2.24, 2.45) is 5.92 Å². The van der Waals surface area contributed by atoms with Crippen molar-refractivity contribution >= 4 is 6.71 Å². The minimum atomic E-state index is 1.04. The summed E-state index contributed by atoms with van der Waals surface area (Å²) in [5, 5.41) is 0. The molecule has 0 heterocycles. The van der Waals surface area contributed by atoms with E-state index in [1.807, 2.05) is 0 Å². The summed E-state index contributed by atoms with van der Waals surface area (Å²) < 4.78 is 0. The first-order valence-corrected chi connectivity index (χ1v) is 8.36. The number of rotatable bonds is 3. The van der Waals surface area contributed by atoms with E-state index in [4.69, 9.17) is 0 Å². The van der Waals surface area contributed by atoms with Gasteiger partial charge in [-0.3, -0.25) is 0 Å². The molecule has 3 aliphatic carbocycles. The van der Waals surface area contributed by atoms with E-state index in [9.17, 15) is 0 Å². The molecule has 0 aromatic rings. The van der Waals surface area contributed by atoms with Gasteiger partial charge in [0.25, 0.3) is 0 Å². The van der Waals surface area contributed by atoms with E-state index in [0.29, 0.717) is 0 Å². The van der Waals surface area contributed by atoms with E-state index in [0.717, 1.165) is 30.1 Å². The van der Waals surface area contributed by atoms with Crippen LogP contribution in [0.4, 0.5) is 0 Å². The highest BCUT2D eigenvalue weighted by Crippen LogP contribution is 2.53. The molecule has 0 nitrogen and oxygen atoms in total. The molecule has 1 heteroatoms. The van der Waals surface area contributed by atoms with Gasteiger partial charge in [-0.2, -0.15) is 0 Å². The molecule has 2 atom stereocenters. The maximum atomic E-state index is 2.55. The second kappa shape index (κ2) is 5.37. The Morgan fingerprint density at radius 3 is 1.59 bits per heavy atom. The molecule has 0 spiro atoms. The molecule has 0 saturated heterocycles. The second-order valence-corrected chi connectivity index (χ2v) is 7.24. The van der Waals surface area contributed by atoms with Crippen molar-refractivity contribution in [3.8, 4) is 0 Å². The van der Waals surface area contributed by atoms with E-state index in [1.54, 1.807) is 32.1 Å². The molecule has 0 amide bonds. The van der Waals surface area contributed by atoms with Gasteiger partial charge in [0.05, 0.1) is 0 Å². The lowest BCUT2D eigenvalue weighted by Crippen LogP contribution is -2.31. The predicted molar refractivity (Wildman–Crippen MR) is 77.0 cm³/mol. The van der Waals surface area contributed by atoms with Gasteiger partial charge >= 0.3 is 0 Å². The van der Waals surface area contributed by atoms with Gasteiger partial charge < -0.3 is 0 Å². The molecule has 0 aromatic heterocycles. The average molecular weight is 232 g/mol. The summed E-state index contributed by atoms with van der Waals surface area (Å²) >= 11 is 0. The van der Waals surface area contributed by atoms with Crippen LogP contribution in [0, 0.1) is 5.92 Å². The second-order valence-electron chi connectivity index (χ2n) is 7.24. The van der Waals surface area contributed by atoms with E-state index < -0.39 is 0 Å². The third kappa shape index (κ3) is 2.44. The van der Waals surface area contributed by atoms with E-state index in [-0.39, 0.29) is 0 Å². The first-order chi connectivity index (χ1) is 8.36. The molecular weight excluding hydrogens is 203 g/mol. The fourth-order valence-electron chi connectivity index (χ4n) is 5.51. The molecule has 2 unspecified atom stereocenters. The van der Waals surface area contributed by atoms with E-state index in [1.165, 1.54) is 38.5 Å². The van der Waals surface area contributed by atoms with Crippen LogP contribution in [0.25, 0.3) is 0 Å². The number of hydrogen-bond donors (Lipinski definition) is 0. The molecule has 3 aliphatic rings. The first kappa shape index (κ1) is 12.1. The molecule has 17 heavy (non-hydrogen) atoms. The molecule has 0 bridgehead atoms. The van der Waals surface area contributed by atoms with Crippen molar-refractivity contribution in [3.05, 3.63) is 0 Å². The van der Waals surface area contributed by atoms with Gasteiger partial charge in [0.1, 0.15) is 6.71 Å². The SMILES string of the molecule is CC1CCCC1B(C1CCCC1)C1CCCC1. The molecule has 0 aliphatic heterocycles. The highest BCUT2D eigenvalue weighted by atomic mass is 14.3. The first-order valence-electron chi connectivity index (χ1n) is 8.36. The predicted octanol–water partition coefficient (Wildman–Crippen LogP) is 5.56. The summed E-state index contributed by atoms with van der Waals surface area (Å²) in [6.45, 7) is 3.69. The zero-order valence-corrected chi connectivity index (χ0v) is 11.7. The van der Waals surface area contributed by atoms with Gasteiger partial charge in [-0.25, -0.2) is 0 Å². The summed E-state index contributed by atoms with van der Waals surface area (Å²) in [6, 6.07) is 0. The maximum Gasteiger partial charge on any atom is 0.149 e. The monoisotopic (exact) mass is 232 g/mol. The zero-order valence-electron chi connectivity index (χ0n) is 11.7. The Balaban J connectivity index is 1.74. The molecule has 0 radical (unpaired) electrons. The van der Waals surface area contributed by atoms with Gasteiger partial charge in [-0.05, 0) is 5.92 Å². The minimum Gasteiger partial charge on any atom is -0.0629 e. The van der Waals surface area contributed by atoms with Crippen LogP contribution in [0.5, 0.6) is 0 Å². The minimum absolute atomic E-state index is 1.04. The standard InChI is InChI=1S/C16H29B/c1-13-7-6-12-16(13)17(14-8-2-3-9-14)15-10-4-5-11-15/h13-16H,2-12H2,1H3. The summed E-state index contributed by atoms with van der Waals surface area (Å²) in [5.41, 5.74) is 0. The summed E-state index contributed by atoms with van der Waals surface area (Å²) in [5.74, 6) is 4.41. The smallest absolute Gasteiger partial charge is 0.0629 e. The molecule has 3 saturated carbocycles. The van der Waals surface area contributed by atoms with Crippen LogP contribution < -0.4 is 0 Å². The Kier molecular flexibility index (Phi) is 3.83. The molecular formula is C16H29B. The van der Waals surface area contributed by atoms with Gasteiger partial charge in [0.2, 0.25) is 0 Å². The third-order valence-corrected chi connectivity index (χ3v) is 6.31. The van der Waals surface area contributed by atoms with Crippen molar-refractivity contribution in [1.29, 1.82) is 0 Å². The Labute approximate surface area is 108 Å². The normalized spacial score (nSPS) is 35.8.